The van der Waals surface area contributed by atoms with Crippen LogP contribution in [0.3, 0.4) is 0 Å². The molecule has 2 saturated heterocycles. The molecular formula is C27H35N3O2. The number of hydrogen-bond acceptors (Lipinski definition) is 4. The van der Waals surface area contributed by atoms with Crippen molar-refractivity contribution in [2.24, 2.45) is 0 Å². The summed E-state index contributed by atoms with van der Waals surface area (Å²) in [5.74, 6) is 1.09. The molecule has 32 heavy (non-hydrogen) atoms. The van der Waals surface area contributed by atoms with E-state index in [4.69, 9.17) is 4.74 Å². The summed E-state index contributed by atoms with van der Waals surface area (Å²) in [4.78, 5) is 19.6. The van der Waals surface area contributed by atoms with Gasteiger partial charge in [-0.1, -0.05) is 30.7 Å². The van der Waals surface area contributed by atoms with E-state index in [0.29, 0.717) is 6.10 Å². The summed E-state index contributed by atoms with van der Waals surface area (Å²) in [6.45, 7) is 5.84. The molecule has 170 valence electrons. The Morgan fingerprint density at radius 3 is 1.94 bits per heavy atom. The molecule has 0 radical (unpaired) electrons. The van der Waals surface area contributed by atoms with E-state index in [2.05, 4.69) is 53.2 Å². The number of piperazine rings is 1. The number of carbonyl (C=O) groups is 1. The van der Waals surface area contributed by atoms with Crippen LogP contribution in [0.4, 0.5) is 0 Å². The molecule has 5 heteroatoms. The van der Waals surface area contributed by atoms with Crippen molar-refractivity contribution in [2.45, 2.75) is 44.2 Å². The molecule has 1 aliphatic carbocycles. The molecule has 0 aromatic heterocycles. The molecule has 5 rings (SSSR count). The number of piperidine rings is 1. The molecule has 2 aromatic carbocycles. The third-order valence-electron chi connectivity index (χ3n) is 7.48. The highest BCUT2D eigenvalue weighted by atomic mass is 16.5. The first-order valence-corrected chi connectivity index (χ1v) is 12.2. The second kappa shape index (κ2) is 9.63. The molecule has 0 unspecified atom stereocenters. The normalized spacial score (nSPS) is 21.3. The quantitative estimate of drug-likeness (QED) is 0.710. The summed E-state index contributed by atoms with van der Waals surface area (Å²) in [5, 5.41) is 0. The standard InChI is InChI=1S/C27H35N3O2/c1-28-17-19-30(20-18-28)27(31)23-7-5-21(6-8-23)22-9-11-25(12-10-22)32-26-13-15-29(16-14-26)24-3-2-4-24/h5-12,24,26H,2-4,13-20H2,1H3. The molecule has 2 heterocycles. The van der Waals surface area contributed by atoms with Crippen LogP contribution in [0.2, 0.25) is 0 Å². The van der Waals surface area contributed by atoms with Gasteiger partial charge in [-0.05, 0) is 68.1 Å². The fourth-order valence-electron chi connectivity index (χ4n) is 5.03. The maximum Gasteiger partial charge on any atom is 0.253 e. The fourth-order valence-corrected chi connectivity index (χ4v) is 5.03. The first kappa shape index (κ1) is 21.5. The first-order chi connectivity index (χ1) is 15.7. The average molecular weight is 434 g/mol. The van der Waals surface area contributed by atoms with Crippen LogP contribution in [0.1, 0.15) is 42.5 Å². The Morgan fingerprint density at radius 2 is 1.38 bits per heavy atom. The molecule has 0 N–H and O–H groups in total. The van der Waals surface area contributed by atoms with Gasteiger partial charge in [0.1, 0.15) is 11.9 Å². The zero-order valence-corrected chi connectivity index (χ0v) is 19.2. The van der Waals surface area contributed by atoms with Gasteiger partial charge in [-0.25, -0.2) is 0 Å². The highest BCUT2D eigenvalue weighted by Crippen LogP contribution is 2.29. The number of nitrogens with zero attached hydrogens (tertiary/aromatic N) is 3. The van der Waals surface area contributed by atoms with Crippen molar-refractivity contribution in [3.05, 3.63) is 54.1 Å². The lowest BCUT2D eigenvalue weighted by atomic mass is 9.90. The van der Waals surface area contributed by atoms with Crippen LogP contribution in [0.15, 0.2) is 48.5 Å². The number of likely N-dealkylation sites (N-methyl/N-ethyl adjacent to an activating group) is 1. The Bertz CT molecular complexity index is 892. The van der Waals surface area contributed by atoms with E-state index in [1.165, 1.54) is 32.4 Å². The van der Waals surface area contributed by atoms with Crippen LogP contribution in [-0.4, -0.2) is 79.1 Å². The maximum absolute atomic E-state index is 12.8. The van der Waals surface area contributed by atoms with E-state index in [1.54, 1.807) is 0 Å². The number of amides is 1. The van der Waals surface area contributed by atoms with Gasteiger partial charge in [0, 0.05) is 50.9 Å². The summed E-state index contributed by atoms with van der Waals surface area (Å²) in [6, 6.07) is 17.3. The van der Waals surface area contributed by atoms with E-state index < -0.39 is 0 Å². The highest BCUT2D eigenvalue weighted by Gasteiger charge is 2.29. The minimum atomic E-state index is 0.136. The van der Waals surface area contributed by atoms with Gasteiger partial charge in [0.2, 0.25) is 0 Å². The number of carbonyl (C=O) groups excluding carboxylic acids is 1. The van der Waals surface area contributed by atoms with Crippen molar-refractivity contribution < 1.29 is 9.53 Å². The van der Waals surface area contributed by atoms with E-state index in [-0.39, 0.29) is 5.91 Å². The SMILES string of the molecule is CN1CCN(C(=O)c2ccc(-c3ccc(OC4CCN(C5CCC5)CC4)cc3)cc2)CC1. The van der Waals surface area contributed by atoms with Crippen LogP contribution in [-0.2, 0) is 0 Å². The number of rotatable bonds is 5. The van der Waals surface area contributed by atoms with E-state index in [0.717, 1.165) is 67.5 Å². The monoisotopic (exact) mass is 433 g/mol. The van der Waals surface area contributed by atoms with Gasteiger partial charge in [-0.3, -0.25) is 4.79 Å². The molecule has 3 aliphatic rings. The molecular weight excluding hydrogens is 398 g/mol. The van der Waals surface area contributed by atoms with Crippen LogP contribution in [0.25, 0.3) is 11.1 Å². The molecule has 0 atom stereocenters. The Kier molecular flexibility index (Phi) is 6.47. The van der Waals surface area contributed by atoms with Crippen molar-refractivity contribution in [3.63, 3.8) is 0 Å². The van der Waals surface area contributed by atoms with Gasteiger partial charge in [0.25, 0.3) is 5.91 Å². The third kappa shape index (κ3) is 4.84. The largest absolute Gasteiger partial charge is 0.490 e. The fraction of sp³-hybridized carbons (Fsp3) is 0.519. The topological polar surface area (TPSA) is 36.0 Å². The van der Waals surface area contributed by atoms with Crippen LogP contribution < -0.4 is 4.74 Å². The Balaban J connectivity index is 1.15. The van der Waals surface area contributed by atoms with E-state index in [1.807, 2.05) is 17.0 Å². The van der Waals surface area contributed by atoms with Gasteiger partial charge in [0.05, 0.1) is 0 Å². The second-order valence-electron chi connectivity index (χ2n) is 9.64. The molecule has 2 aromatic rings. The Hall–Kier alpha value is -2.37. The van der Waals surface area contributed by atoms with Gasteiger partial charge in [-0.2, -0.15) is 0 Å². The molecule has 1 saturated carbocycles. The molecule has 0 spiro atoms. The zero-order valence-electron chi connectivity index (χ0n) is 19.2. The van der Waals surface area contributed by atoms with E-state index in [9.17, 15) is 4.79 Å². The van der Waals surface area contributed by atoms with Crippen molar-refractivity contribution in [2.75, 3.05) is 46.3 Å². The zero-order chi connectivity index (χ0) is 21.9. The lowest BCUT2D eigenvalue weighted by molar-refractivity contribution is 0.0493. The Labute approximate surface area is 191 Å². The minimum absolute atomic E-state index is 0.136. The predicted octanol–water partition coefficient (Wildman–Crippen LogP) is 4.14. The number of hydrogen-bond donors (Lipinski definition) is 0. The molecule has 0 bridgehead atoms. The van der Waals surface area contributed by atoms with Gasteiger partial charge in [0.15, 0.2) is 0 Å². The van der Waals surface area contributed by atoms with Crippen LogP contribution in [0.5, 0.6) is 5.75 Å². The average Bonchev–Trinajstić information content (AvgIpc) is 2.80. The lowest BCUT2D eigenvalue weighted by Gasteiger charge is -2.41. The minimum Gasteiger partial charge on any atom is -0.490 e. The van der Waals surface area contributed by atoms with Gasteiger partial charge in [-0.15, -0.1) is 0 Å². The maximum atomic E-state index is 12.8. The van der Waals surface area contributed by atoms with Crippen LogP contribution in [0, 0.1) is 0 Å². The smallest absolute Gasteiger partial charge is 0.253 e. The molecule has 2 aliphatic heterocycles. The van der Waals surface area contributed by atoms with Crippen molar-refractivity contribution >= 4 is 5.91 Å². The van der Waals surface area contributed by atoms with Crippen LogP contribution >= 0.6 is 0 Å². The van der Waals surface area contributed by atoms with Crippen molar-refractivity contribution in [3.8, 4) is 16.9 Å². The predicted molar refractivity (Wildman–Crippen MR) is 128 cm³/mol. The van der Waals surface area contributed by atoms with Crippen molar-refractivity contribution in [1.29, 1.82) is 0 Å². The highest BCUT2D eigenvalue weighted by molar-refractivity contribution is 5.94. The van der Waals surface area contributed by atoms with Crippen molar-refractivity contribution in [1.82, 2.24) is 14.7 Å². The number of likely N-dealkylation sites (tertiary alicyclic amines) is 1. The molecule has 5 nitrogen and oxygen atoms in total. The summed E-state index contributed by atoms with van der Waals surface area (Å²) in [6.07, 6.45) is 6.76. The second-order valence-corrected chi connectivity index (χ2v) is 9.64. The summed E-state index contributed by atoms with van der Waals surface area (Å²) < 4.78 is 6.27. The van der Waals surface area contributed by atoms with E-state index >= 15 is 0 Å². The van der Waals surface area contributed by atoms with Gasteiger partial charge >= 0.3 is 0 Å². The number of benzene rings is 2. The molecule has 1 amide bonds. The van der Waals surface area contributed by atoms with Gasteiger partial charge < -0.3 is 19.4 Å². The number of ether oxygens (including phenoxy) is 1. The summed E-state index contributed by atoms with van der Waals surface area (Å²) in [7, 11) is 2.10. The summed E-state index contributed by atoms with van der Waals surface area (Å²) in [5.41, 5.74) is 3.04. The third-order valence-corrected chi connectivity index (χ3v) is 7.48. The Morgan fingerprint density at radius 1 is 0.781 bits per heavy atom. The summed E-state index contributed by atoms with van der Waals surface area (Å²) >= 11 is 0. The lowest BCUT2D eigenvalue weighted by Crippen LogP contribution is -2.47. The molecule has 3 fully saturated rings. The first-order valence-electron chi connectivity index (χ1n) is 12.2.